The summed E-state index contributed by atoms with van der Waals surface area (Å²) in [6.45, 7) is 2.59. The number of ether oxygens (including phenoxy) is 1. The summed E-state index contributed by atoms with van der Waals surface area (Å²) in [5.41, 5.74) is 1.84. The van der Waals surface area contributed by atoms with Gasteiger partial charge in [0, 0.05) is 19.7 Å². The number of carbonyl (C=O) groups excluding carboxylic acids is 1. The highest BCUT2D eigenvalue weighted by Crippen LogP contribution is 2.15. The van der Waals surface area contributed by atoms with Crippen LogP contribution in [0.3, 0.4) is 0 Å². The number of hydrogen-bond acceptors (Lipinski definition) is 7. The van der Waals surface area contributed by atoms with Crippen LogP contribution in [0.25, 0.3) is 0 Å². The van der Waals surface area contributed by atoms with Gasteiger partial charge in [0.05, 0.1) is 17.2 Å². The molecule has 0 radical (unpaired) electrons. The molecule has 1 aromatic carbocycles. The maximum Gasteiger partial charge on any atom is 0.230 e. The van der Waals surface area contributed by atoms with Crippen molar-refractivity contribution >= 4 is 17.7 Å². The predicted molar refractivity (Wildman–Crippen MR) is 102 cm³/mol. The van der Waals surface area contributed by atoms with Crippen LogP contribution in [0.4, 0.5) is 0 Å². The van der Waals surface area contributed by atoms with Crippen molar-refractivity contribution in [1.29, 1.82) is 0 Å². The summed E-state index contributed by atoms with van der Waals surface area (Å²) in [5.74, 6) is 2.71. The summed E-state index contributed by atoms with van der Waals surface area (Å²) in [7, 11) is 0. The van der Waals surface area contributed by atoms with Crippen molar-refractivity contribution < 1.29 is 14.1 Å². The van der Waals surface area contributed by atoms with Crippen LogP contribution < -0.4 is 10.1 Å². The Kier molecular flexibility index (Phi) is 6.81. The molecule has 2 aromatic heterocycles. The summed E-state index contributed by atoms with van der Waals surface area (Å²) in [4.78, 5) is 20.3. The first-order valence-corrected chi connectivity index (χ1v) is 9.60. The van der Waals surface area contributed by atoms with Gasteiger partial charge in [0.2, 0.25) is 11.8 Å². The molecule has 27 heavy (non-hydrogen) atoms. The number of aryl methyl sites for hydroxylation is 1. The minimum absolute atomic E-state index is 0.0416. The highest BCUT2D eigenvalue weighted by Gasteiger charge is 2.06. The Morgan fingerprint density at radius 3 is 2.96 bits per heavy atom. The van der Waals surface area contributed by atoms with Crippen molar-refractivity contribution in [3.8, 4) is 5.75 Å². The number of pyridine rings is 1. The summed E-state index contributed by atoms with van der Waals surface area (Å²) >= 11 is 1.44. The van der Waals surface area contributed by atoms with Gasteiger partial charge in [-0.1, -0.05) is 23.4 Å². The van der Waals surface area contributed by atoms with Gasteiger partial charge in [0.25, 0.3) is 0 Å². The van der Waals surface area contributed by atoms with Crippen molar-refractivity contribution in [2.75, 3.05) is 5.75 Å². The van der Waals surface area contributed by atoms with Gasteiger partial charge in [0.1, 0.15) is 12.4 Å². The molecule has 0 unspecified atom stereocenters. The first kappa shape index (κ1) is 18.9. The van der Waals surface area contributed by atoms with E-state index in [2.05, 4.69) is 20.4 Å². The average molecular weight is 384 g/mol. The normalized spacial score (nSPS) is 10.6. The standard InChI is InChI=1S/C19H20N4O3S/c1-14-22-18(23-26-14)12-27-13-19(24)21-10-15-5-4-7-17(9-15)25-11-16-6-2-3-8-20-16/h2-9H,10-13H2,1H3,(H,21,24). The molecule has 0 fully saturated rings. The zero-order chi connectivity index (χ0) is 18.9. The van der Waals surface area contributed by atoms with Crippen LogP contribution in [0, 0.1) is 6.92 Å². The number of benzene rings is 1. The number of amides is 1. The van der Waals surface area contributed by atoms with E-state index in [-0.39, 0.29) is 5.91 Å². The van der Waals surface area contributed by atoms with E-state index >= 15 is 0 Å². The number of hydrogen-bond donors (Lipinski definition) is 1. The first-order chi connectivity index (χ1) is 13.2. The summed E-state index contributed by atoms with van der Waals surface area (Å²) in [6, 6.07) is 13.4. The molecular weight excluding hydrogens is 364 g/mol. The van der Waals surface area contributed by atoms with Crippen LogP contribution in [0.1, 0.15) is 23.0 Å². The van der Waals surface area contributed by atoms with Gasteiger partial charge < -0.3 is 14.6 Å². The second-order valence-electron chi connectivity index (χ2n) is 5.76. The van der Waals surface area contributed by atoms with Gasteiger partial charge in [-0.3, -0.25) is 9.78 Å². The minimum Gasteiger partial charge on any atom is -0.487 e. The van der Waals surface area contributed by atoms with Crippen molar-refractivity contribution in [2.45, 2.75) is 25.8 Å². The topological polar surface area (TPSA) is 90.1 Å². The first-order valence-electron chi connectivity index (χ1n) is 8.44. The van der Waals surface area contributed by atoms with Gasteiger partial charge in [-0.25, -0.2) is 0 Å². The molecule has 1 amide bonds. The second kappa shape index (κ2) is 9.72. The molecule has 8 heteroatoms. The van der Waals surface area contributed by atoms with Crippen LogP contribution in [0.5, 0.6) is 5.75 Å². The lowest BCUT2D eigenvalue weighted by Crippen LogP contribution is -2.24. The minimum atomic E-state index is -0.0416. The maximum atomic E-state index is 12.0. The van der Waals surface area contributed by atoms with Gasteiger partial charge in [-0.15, -0.1) is 11.8 Å². The number of aromatic nitrogens is 3. The largest absolute Gasteiger partial charge is 0.487 e. The summed E-state index contributed by atoms with van der Waals surface area (Å²) in [5, 5.41) is 6.70. The monoisotopic (exact) mass is 384 g/mol. The second-order valence-corrected chi connectivity index (χ2v) is 6.74. The Morgan fingerprint density at radius 1 is 1.26 bits per heavy atom. The third kappa shape index (κ3) is 6.41. The Morgan fingerprint density at radius 2 is 2.19 bits per heavy atom. The fourth-order valence-corrected chi connectivity index (χ4v) is 2.96. The molecule has 0 aliphatic rings. The lowest BCUT2D eigenvalue weighted by Gasteiger charge is -2.09. The van der Waals surface area contributed by atoms with Crippen LogP contribution in [-0.2, 0) is 23.7 Å². The zero-order valence-electron chi connectivity index (χ0n) is 14.9. The average Bonchev–Trinajstić information content (AvgIpc) is 3.11. The fourth-order valence-electron chi connectivity index (χ4n) is 2.27. The van der Waals surface area contributed by atoms with Gasteiger partial charge >= 0.3 is 0 Å². The molecule has 0 saturated heterocycles. The molecule has 0 aliphatic carbocycles. The Hall–Kier alpha value is -2.87. The highest BCUT2D eigenvalue weighted by molar-refractivity contribution is 7.99. The van der Waals surface area contributed by atoms with Crippen LogP contribution in [0.2, 0.25) is 0 Å². The Labute approximate surface area is 161 Å². The van der Waals surface area contributed by atoms with Crippen LogP contribution >= 0.6 is 11.8 Å². The Bertz CT molecular complexity index is 870. The lowest BCUT2D eigenvalue weighted by molar-refractivity contribution is -0.118. The predicted octanol–water partition coefficient (Wildman–Crippen LogP) is 2.90. The molecule has 0 atom stereocenters. The maximum absolute atomic E-state index is 12.0. The lowest BCUT2D eigenvalue weighted by atomic mass is 10.2. The zero-order valence-corrected chi connectivity index (χ0v) is 15.7. The molecule has 3 aromatic rings. The van der Waals surface area contributed by atoms with Crippen molar-refractivity contribution in [2.24, 2.45) is 0 Å². The summed E-state index contributed by atoms with van der Waals surface area (Å²) < 4.78 is 10.6. The smallest absolute Gasteiger partial charge is 0.230 e. The van der Waals surface area contributed by atoms with E-state index in [1.807, 2.05) is 42.5 Å². The molecule has 1 N–H and O–H groups in total. The molecular formula is C19H20N4O3S. The van der Waals surface area contributed by atoms with Crippen molar-refractivity contribution in [3.63, 3.8) is 0 Å². The molecule has 0 bridgehead atoms. The molecule has 0 saturated carbocycles. The number of rotatable bonds is 9. The van der Waals surface area contributed by atoms with Gasteiger partial charge in [-0.2, -0.15) is 4.98 Å². The van der Waals surface area contributed by atoms with Gasteiger partial charge in [-0.05, 0) is 29.8 Å². The third-order valence-corrected chi connectivity index (χ3v) is 4.46. The van der Waals surface area contributed by atoms with E-state index in [1.165, 1.54) is 11.8 Å². The van der Waals surface area contributed by atoms with Gasteiger partial charge in [0.15, 0.2) is 5.82 Å². The molecule has 0 spiro atoms. The number of nitrogens with zero attached hydrogens (tertiary/aromatic N) is 3. The third-order valence-electron chi connectivity index (χ3n) is 3.53. The number of carbonyl (C=O) groups is 1. The van der Waals surface area contributed by atoms with Crippen LogP contribution in [0.15, 0.2) is 53.2 Å². The molecule has 0 aliphatic heterocycles. The van der Waals surface area contributed by atoms with E-state index in [9.17, 15) is 4.79 Å². The van der Waals surface area contributed by atoms with E-state index < -0.39 is 0 Å². The molecule has 140 valence electrons. The van der Waals surface area contributed by atoms with E-state index in [1.54, 1.807) is 13.1 Å². The van der Waals surface area contributed by atoms with E-state index in [0.717, 1.165) is 17.0 Å². The highest BCUT2D eigenvalue weighted by atomic mass is 32.2. The van der Waals surface area contributed by atoms with E-state index in [0.29, 0.717) is 36.4 Å². The Balaban J connectivity index is 1.40. The summed E-state index contributed by atoms with van der Waals surface area (Å²) in [6.07, 6.45) is 1.74. The number of nitrogens with one attached hydrogen (secondary N) is 1. The quantitative estimate of drug-likeness (QED) is 0.606. The molecule has 2 heterocycles. The SMILES string of the molecule is Cc1nc(CSCC(=O)NCc2cccc(OCc3ccccn3)c2)no1. The van der Waals surface area contributed by atoms with Crippen LogP contribution in [-0.4, -0.2) is 26.8 Å². The number of thioether (sulfide) groups is 1. The van der Waals surface area contributed by atoms with E-state index in [4.69, 9.17) is 9.26 Å². The molecule has 7 nitrogen and oxygen atoms in total. The van der Waals surface area contributed by atoms with Crippen molar-refractivity contribution in [3.05, 3.63) is 71.6 Å². The van der Waals surface area contributed by atoms with Crippen molar-refractivity contribution in [1.82, 2.24) is 20.4 Å². The fraction of sp³-hybridized carbons (Fsp3) is 0.263. The molecule has 3 rings (SSSR count).